The number of hydrogen-bond donors (Lipinski definition) is 0. The van der Waals surface area contributed by atoms with Gasteiger partial charge in [-0.1, -0.05) is 12.1 Å². The Morgan fingerprint density at radius 1 is 1.03 bits per heavy atom. The molecule has 2 heterocycles. The van der Waals surface area contributed by atoms with E-state index in [9.17, 15) is 4.79 Å². The number of carbonyl (C=O) groups excluding carboxylic acids is 1. The van der Waals surface area contributed by atoms with Crippen LogP contribution < -0.4 is 18.9 Å². The Labute approximate surface area is 170 Å². The Kier molecular flexibility index (Phi) is 5.49. The van der Waals surface area contributed by atoms with E-state index < -0.39 is 5.79 Å². The Hall–Kier alpha value is -2.93. The molecule has 0 N–H and O–H groups in total. The van der Waals surface area contributed by atoms with Crippen molar-refractivity contribution >= 4 is 5.91 Å². The molecule has 0 saturated carbocycles. The van der Waals surface area contributed by atoms with Gasteiger partial charge in [0.2, 0.25) is 5.79 Å². The Balaban J connectivity index is 1.32. The van der Waals surface area contributed by atoms with Gasteiger partial charge in [0.25, 0.3) is 5.91 Å². The summed E-state index contributed by atoms with van der Waals surface area (Å²) in [4.78, 5) is 14.3. The van der Waals surface area contributed by atoms with Crippen LogP contribution in [0.5, 0.6) is 23.0 Å². The van der Waals surface area contributed by atoms with Crippen molar-refractivity contribution < 1.29 is 28.5 Å². The van der Waals surface area contributed by atoms with Crippen molar-refractivity contribution in [1.82, 2.24) is 4.90 Å². The molecular weight excluding hydrogens is 374 g/mol. The number of carbonyl (C=O) groups is 1. The van der Waals surface area contributed by atoms with Crippen LogP contribution in [0.4, 0.5) is 0 Å². The fraction of sp³-hybridized carbons (Fsp3) is 0.409. The third-order valence-electron chi connectivity index (χ3n) is 5.36. The minimum atomic E-state index is -0.713. The summed E-state index contributed by atoms with van der Waals surface area (Å²) in [5.41, 5.74) is 0.973. The average molecular weight is 399 g/mol. The maximum atomic E-state index is 12.5. The maximum Gasteiger partial charge on any atom is 0.260 e. The van der Waals surface area contributed by atoms with Gasteiger partial charge in [0.15, 0.2) is 18.1 Å². The van der Waals surface area contributed by atoms with Crippen molar-refractivity contribution in [2.75, 3.05) is 33.9 Å². The first-order chi connectivity index (χ1) is 14.1. The van der Waals surface area contributed by atoms with Gasteiger partial charge >= 0.3 is 0 Å². The third-order valence-corrected chi connectivity index (χ3v) is 5.36. The van der Waals surface area contributed by atoms with Gasteiger partial charge in [0, 0.05) is 31.5 Å². The molecule has 1 spiro atoms. The summed E-state index contributed by atoms with van der Waals surface area (Å²) in [6, 6.07) is 12.9. The molecule has 29 heavy (non-hydrogen) atoms. The molecule has 7 nitrogen and oxygen atoms in total. The minimum absolute atomic E-state index is 0.00228. The molecular formula is C22H25NO6. The van der Waals surface area contributed by atoms with Crippen LogP contribution in [0, 0.1) is 0 Å². The zero-order chi connectivity index (χ0) is 20.3. The number of likely N-dealkylation sites (tertiary alicyclic amines) is 1. The molecule has 7 heteroatoms. The van der Waals surface area contributed by atoms with Crippen LogP contribution in [0.25, 0.3) is 0 Å². The molecule has 1 saturated heterocycles. The molecule has 0 atom stereocenters. The van der Waals surface area contributed by atoms with E-state index in [0.717, 1.165) is 17.1 Å². The van der Waals surface area contributed by atoms with Crippen molar-refractivity contribution in [1.29, 1.82) is 0 Å². The van der Waals surface area contributed by atoms with E-state index in [2.05, 4.69) is 0 Å². The lowest BCUT2D eigenvalue weighted by Crippen LogP contribution is -2.53. The summed E-state index contributed by atoms with van der Waals surface area (Å²) < 4.78 is 28.4. The van der Waals surface area contributed by atoms with Gasteiger partial charge in [0.1, 0.15) is 11.5 Å². The number of amides is 1. The molecule has 1 amide bonds. The SMILES string of the molecule is COc1ccc(OCC(=O)N2CCC3(CC2)OCc2cccc(OC)c2O3)cc1. The monoisotopic (exact) mass is 399 g/mol. The fourth-order valence-corrected chi connectivity index (χ4v) is 3.63. The summed E-state index contributed by atoms with van der Waals surface area (Å²) >= 11 is 0. The molecule has 0 unspecified atom stereocenters. The number of hydrogen-bond acceptors (Lipinski definition) is 6. The van der Waals surface area contributed by atoms with Gasteiger partial charge in [0.05, 0.1) is 20.8 Å². The van der Waals surface area contributed by atoms with Crippen LogP contribution in [0.15, 0.2) is 42.5 Å². The predicted molar refractivity (Wildman–Crippen MR) is 105 cm³/mol. The molecule has 2 aromatic carbocycles. The number of piperidine rings is 1. The van der Waals surface area contributed by atoms with Gasteiger partial charge in [-0.3, -0.25) is 4.79 Å². The molecule has 154 valence electrons. The number of benzene rings is 2. The number of fused-ring (bicyclic) bond motifs is 1. The lowest BCUT2D eigenvalue weighted by atomic mass is 10.0. The second-order valence-corrected chi connectivity index (χ2v) is 7.09. The highest BCUT2D eigenvalue weighted by molar-refractivity contribution is 5.77. The second-order valence-electron chi connectivity index (χ2n) is 7.09. The van der Waals surface area contributed by atoms with Gasteiger partial charge in [-0.2, -0.15) is 0 Å². The summed E-state index contributed by atoms with van der Waals surface area (Å²) in [7, 11) is 3.24. The van der Waals surface area contributed by atoms with Crippen LogP contribution in [0.3, 0.4) is 0 Å². The van der Waals surface area contributed by atoms with Crippen LogP contribution in [-0.4, -0.2) is 50.5 Å². The molecule has 0 aliphatic carbocycles. The molecule has 2 aromatic rings. The van der Waals surface area contributed by atoms with E-state index in [1.807, 2.05) is 18.2 Å². The van der Waals surface area contributed by atoms with E-state index >= 15 is 0 Å². The van der Waals surface area contributed by atoms with E-state index in [0.29, 0.717) is 44.0 Å². The number of methoxy groups -OCH3 is 2. The normalized spacial score (nSPS) is 17.2. The average Bonchev–Trinajstić information content (AvgIpc) is 2.78. The number of ether oxygens (including phenoxy) is 5. The first-order valence-corrected chi connectivity index (χ1v) is 9.66. The van der Waals surface area contributed by atoms with E-state index in [1.165, 1.54) is 0 Å². The van der Waals surface area contributed by atoms with Crippen LogP contribution in [-0.2, 0) is 16.1 Å². The van der Waals surface area contributed by atoms with Gasteiger partial charge < -0.3 is 28.6 Å². The van der Waals surface area contributed by atoms with Crippen molar-refractivity contribution in [2.24, 2.45) is 0 Å². The second kappa shape index (κ2) is 8.21. The quantitative estimate of drug-likeness (QED) is 0.770. The standard InChI is InChI=1S/C22H25NO6/c1-25-17-6-8-18(9-7-17)27-15-20(24)23-12-10-22(11-13-23)28-14-16-4-3-5-19(26-2)21(16)29-22/h3-9H,10-15H2,1-2H3. The summed E-state index contributed by atoms with van der Waals surface area (Å²) in [5.74, 6) is 2.06. The zero-order valence-corrected chi connectivity index (χ0v) is 16.7. The number of para-hydroxylation sites is 1. The van der Waals surface area contributed by atoms with Crippen molar-refractivity contribution in [3.63, 3.8) is 0 Å². The van der Waals surface area contributed by atoms with Crippen molar-refractivity contribution in [3.05, 3.63) is 48.0 Å². The van der Waals surface area contributed by atoms with Gasteiger partial charge in [-0.15, -0.1) is 0 Å². The summed E-state index contributed by atoms with van der Waals surface area (Å²) in [5, 5.41) is 0. The van der Waals surface area contributed by atoms with E-state index in [4.69, 9.17) is 23.7 Å². The summed E-state index contributed by atoms with van der Waals surface area (Å²) in [6.07, 6.45) is 1.19. The topological polar surface area (TPSA) is 66.5 Å². The highest BCUT2D eigenvalue weighted by atomic mass is 16.7. The Morgan fingerprint density at radius 3 is 2.45 bits per heavy atom. The molecule has 4 rings (SSSR count). The van der Waals surface area contributed by atoms with Crippen LogP contribution in [0.2, 0.25) is 0 Å². The highest BCUT2D eigenvalue weighted by Gasteiger charge is 2.42. The van der Waals surface area contributed by atoms with Gasteiger partial charge in [-0.05, 0) is 30.3 Å². The zero-order valence-electron chi connectivity index (χ0n) is 16.7. The van der Waals surface area contributed by atoms with E-state index in [1.54, 1.807) is 43.4 Å². The minimum Gasteiger partial charge on any atom is -0.497 e. The fourth-order valence-electron chi connectivity index (χ4n) is 3.63. The Bertz CT molecular complexity index is 844. The molecule has 2 aliphatic heterocycles. The lowest BCUT2D eigenvalue weighted by Gasteiger charge is -2.44. The summed E-state index contributed by atoms with van der Waals surface area (Å²) in [6.45, 7) is 1.57. The molecule has 2 aliphatic rings. The largest absolute Gasteiger partial charge is 0.497 e. The van der Waals surface area contributed by atoms with Crippen LogP contribution in [0.1, 0.15) is 18.4 Å². The van der Waals surface area contributed by atoms with Crippen LogP contribution >= 0.6 is 0 Å². The smallest absolute Gasteiger partial charge is 0.260 e. The van der Waals surface area contributed by atoms with Crippen molar-refractivity contribution in [3.8, 4) is 23.0 Å². The number of rotatable bonds is 5. The first kappa shape index (κ1) is 19.4. The van der Waals surface area contributed by atoms with Crippen molar-refractivity contribution in [2.45, 2.75) is 25.2 Å². The molecule has 1 fully saturated rings. The highest BCUT2D eigenvalue weighted by Crippen LogP contribution is 2.42. The molecule has 0 radical (unpaired) electrons. The Morgan fingerprint density at radius 2 is 1.76 bits per heavy atom. The maximum absolute atomic E-state index is 12.5. The molecule has 0 bridgehead atoms. The predicted octanol–water partition coefficient (Wildman–Crippen LogP) is 3.01. The third kappa shape index (κ3) is 4.10. The first-order valence-electron chi connectivity index (χ1n) is 9.66. The lowest BCUT2D eigenvalue weighted by molar-refractivity contribution is -0.228. The van der Waals surface area contributed by atoms with Gasteiger partial charge in [-0.25, -0.2) is 0 Å². The molecule has 0 aromatic heterocycles. The van der Waals surface area contributed by atoms with E-state index in [-0.39, 0.29) is 12.5 Å². The number of nitrogens with zero attached hydrogens (tertiary/aromatic N) is 1.